The molecule has 1 aliphatic rings. The third kappa shape index (κ3) is 4.66. The number of hydrogen-bond acceptors (Lipinski definition) is 6. The molecule has 32 heavy (non-hydrogen) atoms. The van der Waals surface area contributed by atoms with Gasteiger partial charge in [-0.1, -0.05) is 6.07 Å². The molecule has 1 saturated heterocycles. The molecular weight excluding hydrogens is 412 g/mol. The van der Waals surface area contributed by atoms with E-state index in [-0.39, 0.29) is 23.6 Å². The number of anilines is 1. The molecule has 0 radical (unpaired) electrons. The molecule has 3 rings (SSSR count). The Morgan fingerprint density at radius 1 is 0.938 bits per heavy atom. The molecule has 1 amide bonds. The van der Waals surface area contributed by atoms with Gasteiger partial charge in [-0.3, -0.25) is 18.7 Å². The van der Waals surface area contributed by atoms with E-state index in [0.29, 0.717) is 62.3 Å². The van der Waals surface area contributed by atoms with Crippen molar-refractivity contribution >= 4 is 11.6 Å². The largest absolute Gasteiger partial charge is 0.490 e. The van der Waals surface area contributed by atoms with Gasteiger partial charge in [0.15, 0.2) is 11.5 Å². The van der Waals surface area contributed by atoms with Gasteiger partial charge in [0.1, 0.15) is 5.69 Å². The predicted octanol–water partition coefficient (Wildman–Crippen LogP) is 1.08. The summed E-state index contributed by atoms with van der Waals surface area (Å²) in [6, 6.07) is 5.59. The maximum Gasteiger partial charge on any atom is 0.330 e. The Morgan fingerprint density at radius 3 is 2.19 bits per heavy atom. The second kappa shape index (κ2) is 9.93. The van der Waals surface area contributed by atoms with Crippen LogP contribution in [0, 0.1) is 6.92 Å². The lowest BCUT2D eigenvalue weighted by Crippen LogP contribution is -2.52. The Kier molecular flexibility index (Phi) is 7.27. The van der Waals surface area contributed by atoms with Gasteiger partial charge in [-0.2, -0.15) is 0 Å². The van der Waals surface area contributed by atoms with Gasteiger partial charge >= 0.3 is 5.69 Å². The molecule has 174 valence electrons. The van der Waals surface area contributed by atoms with Gasteiger partial charge in [-0.25, -0.2) is 4.79 Å². The number of carbonyl (C=O) groups is 1. The second-order valence-electron chi connectivity index (χ2n) is 7.83. The van der Waals surface area contributed by atoms with Crippen LogP contribution in [0.5, 0.6) is 11.5 Å². The van der Waals surface area contributed by atoms with Crippen LogP contribution in [-0.2, 0) is 25.3 Å². The minimum absolute atomic E-state index is 0.0290. The summed E-state index contributed by atoms with van der Waals surface area (Å²) in [4.78, 5) is 41.5. The van der Waals surface area contributed by atoms with Crippen molar-refractivity contribution in [2.75, 3.05) is 44.3 Å². The molecule has 2 heterocycles. The SMILES string of the molecule is CCOc1ccc(CC(=O)N2CCN(c3c(C)n(C)c(=O)n(C)c3=O)CC2)cc1OCC. The molecule has 1 aromatic heterocycles. The first-order chi connectivity index (χ1) is 15.3. The minimum atomic E-state index is -0.341. The van der Waals surface area contributed by atoms with Crippen LogP contribution in [0.1, 0.15) is 25.1 Å². The van der Waals surface area contributed by atoms with Gasteiger partial charge < -0.3 is 19.3 Å². The fraction of sp³-hybridized carbons (Fsp3) is 0.522. The van der Waals surface area contributed by atoms with E-state index >= 15 is 0 Å². The van der Waals surface area contributed by atoms with E-state index in [4.69, 9.17) is 9.47 Å². The molecule has 0 unspecified atom stereocenters. The molecule has 1 fully saturated rings. The summed E-state index contributed by atoms with van der Waals surface area (Å²) in [5, 5.41) is 0. The summed E-state index contributed by atoms with van der Waals surface area (Å²) >= 11 is 0. The van der Waals surface area contributed by atoms with Gasteiger partial charge in [-0.15, -0.1) is 0 Å². The van der Waals surface area contributed by atoms with Crippen LogP contribution >= 0.6 is 0 Å². The third-order valence-corrected chi connectivity index (χ3v) is 5.84. The molecule has 0 atom stereocenters. The Morgan fingerprint density at radius 2 is 1.56 bits per heavy atom. The number of amides is 1. The average Bonchev–Trinajstić information content (AvgIpc) is 2.79. The van der Waals surface area contributed by atoms with Crippen LogP contribution in [0.2, 0.25) is 0 Å². The first-order valence-electron chi connectivity index (χ1n) is 11.0. The highest BCUT2D eigenvalue weighted by Gasteiger charge is 2.25. The number of carbonyl (C=O) groups excluding carboxylic acids is 1. The number of nitrogens with zero attached hydrogens (tertiary/aromatic N) is 4. The van der Waals surface area contributed by atoms with Crippen LogP contribution in [0.25, 0.3) is 0 Å². The van der Waals surface area contributed by atoms with Gasteiger partial charge in [-0.05, 0) is 38.5 Å². The lowest BCUT2D eigenvalue weighted by Gasteiger charge is -2.36. The van der Waals surface area contributed by atoms with Gasteiger partial charge in [0, 0.05) is 46.0 Å². The van der Waals surface area contributed by atoms with Crippen molar-refractivity contribution < 1.29 is 14.3 Å². The average molecular weight is 445 g/mol. The van der Waals surface area contributed by atoms with Crippen molar-refractivity contribution in [1.29, 1.82) is 0 Å². The Labute approximate surface area is 187 Å². The quantitative estimate of drug-likeness (QED) is 0.635. The molecule has 0 spiro atoms. The molecule has 1 aromatic carbocycles. The highest BCUT2D eigenvalue weighted by Crippen LogP contribution is 2.29. The molecule has 2 aromatic rings. The van der Waals surface area contributed by atoms with Crippen molar-refractivity contribution in [2.45, 2.75) is 27.2 Å². The van der Waals surface area contributed by atoms with E-state index < -0.39 is 0 Å². The van der Waals surface area contributed by atoms with Crippen molar-refractivity contribution in [2.24, 2.45) is 14.1 Å². The molecular formula is C23H32N4O5. The van der Waals surface area contributed by atoms with E-state index in [0.717, 1.165) is 10.1 Å². The highest BCUT2D eigenvalue weighted by molar-refractivity contribution is 5.79. The summed E-state index contributed by atoms with van der Waals surface area (Å²) in [7, 11) is 3.15. The number of benzene rings is 1. The van der Waals surface area contributed by atoms with E-state index in [1.54, 1.807) is 14.0 Å². The molecule has 0 saturated carbocycles. The van der Waals surface area contributed by atoms with Crippen molar-refractivity contribution in [3.05, 3.63) is 50.3 Å². The van der Waals surface area contributed by atoms with Crippen molar-refractivity contribution in [3.8, 4) is 11.5 Å². The maximum atomic E-state index is 12.9. The summed E-state index contributed by atoms with van der Waals surface area (Å²) in [5.41, 5.74) is 1.38. The van der Waals surface area contributed by atoms with Crippen molar-refractivity contribution in [3.63, 3.8) is 0 Å². The Bertz CT molecular complexity index is 1100. The van der Waals surface area contributed by atoms with Crippen LogP contribution in [0.4, 0.5) is 5.69 Å². The maximum absolute atomic E-state index is 12.9. The van der Waals surface area contributed by atoms with E-state index in [1.807, 2.05) is 41.8 Å². The Hall–Kier alpha value is -3.23. The summed E-state index contributed by atoms with van der Waals surface area (Å²) in [5.74, 6) is 1.35. The lowest BCUT2D eigenvalue weighted by molar-refractivity contribution is -0.130. The summed E-state index contributed by atoms with van der Waals surface area (Å²) < 4.78 is 13.9. The topological polar surface area (TPSA) is 86.0 Å². The van der Waals surface area contributed by atoms with Crippen LogP contribution in [0.3, 0.4) is 0 Å². The molecule has 0 bridgehead atoms. The van der Waals surface area contributed by atoms with Gasteiger partial charge in [0.2, 0.25) is 5.91 Å². The van der Waals surface area contributed by atoms with Gasteiger partial charge in [0.05, 0.1) is 19.6 Å². The summed E-state index contributed by atoms with van der Waals surface area (Å²) in [6.45, 7) is 8.76. The van der Waals surface area contributed by atoms with Crippen LogP contribution < -0.4 is 25.6 Å². The number of hydrogen-bond donors (Lipinski definition) is 0. The molecule has 1 aliphatic heterocycles. The zero-order chi connectivity index (χ0) is 23.4. The van der Waals surface area contributed by atoms with Crippen molar-refractivity contribution in [1.82, 2.24) is 14.0 Å². The van der Waals surface area contributed by atoms with Crippen LogP contribution in [-0.4, -0.2) is 59.3 Å². The Balaban J connectivity index is 1.69. The fourth-order valence-electron chi connectivity index (χ4n) is 3.96. The second-order valence-corrected chi connectivity index (χ2v) is 7.83. The number of piperazine rings is 1. The first-order valence-corrected chi connectivity index (χ1v) is 11.0. The number of aromatic nitrogens is 2. The standard InChI is InChI=1S/C23H32N4O5/c1-6-31-18-9-8-17(14-19(18)32-7-2)15-20(28)26-10-12-27(13-11-26)21-16(3)24(4)23(30)25(5)22(21)29/h8-9,14H,6-7,10-13,15H2,1-5H3. The minimum Gasteiger partial charge on any atom is -0.490 e. The normalized spacial score (nSPS) is 13.9. The molecule has 9 heteroatoms. The van der Waals surface area contributed by atoms with E-state index in [9.17, 15) is 14.4 Å². The summed E-state index contributed by atoms with van der Waals surface area (Å²) in [6.07, 6.45) is 0.271. The number of rotatable bonds is 7. The van der Waals surface area contributed by atoms with Gasteiger partial charge in [0.25, 0.3) is 5.56 Å². The van der Waals surface area contributed by atoms with Crippen LogP contribution in [0.15, 0.2) is 27.8 Å². The smallest absolute Gasteiger partial charge is 0.330 e. The van der Waals surface area contributed by atoms with E-state index in [2.05, 4.69) is 0 Å². The highest BCUT2D eigenvalue weighted by atomic mass is 16.5. The monoisotopic (exact) mass is 444 g/mol. The number of ether oxygens (including phenoxy) is 2. The fourth-order valence-corrected chi connectivity index (χ4v) is 3.96. The molecule has 9 nitrogen and oxygen atoms in total. The molecule has 0 aliphatic carbocycles. The zero-order valence-corrected chi connectivity index (χ0v) is 19.5. The first kappa shape index (κ1) is 23.4. The van der Waals surface area contributed by atoms with E-state index in [1.165, 1.54) is 11.6 Å². The molecule has 0 N–H and O–H groups in total. The third-order valence-electron chi connectivity index (χ3n) is 5.84. The zero-order valence-electron chi connectivity index (χ0n) is 19.5. The predicted molar refractivity (Wildman–Crippen MR) is 123 cm³/mol. The lowest BCUT2D eigenvalue weighted by atomic mass is 10.1.